The molecular formula is C14H16ClN5O. The first-order valence-corrected chi connectivity index (χ1v) is 6.69. The summed E-state index contributed by atoms with van der Waals surface area (Å²) in [6.45, 7) is 5.35. The maximum absolute atomic E-state index is 11.6. The third-order valence-electron chi connectivity index (χ3n) is 3.05. The van der Waals surface area contributed by atoms with Gasteiger partial charge in [-0.05, 0) is 38.5 Å². The van der Waals surface area contributed by atoms with Gasteiger partial charge in [0.1, 0.15) is 0 Å². The summed E-state index contributed by atoms with van der Waals surface area (Å²) in [7, 11) is 0. The van der Waals surface area contributed by atoms with E-state index in [1.54, 1.807) is 19.9 Å². The first-order chi connectivity index (χ1) is 9.86. The molecule has 1 aromatic heterocycles. The number of aliphatic imine (C=N–C) groups is 1. The fourth-order valence-corrected chi connectivity index (χ4v) is 1.82. The van der Waals surface area contributed by atoms with Gasteiger partial charge in [-0.2, -0.15) is 4.99 Å². The van der Waals surface area contributed by atoms with Gasteiger partial charge < -0.3 is 11.1 Å². The molecule has 6 nitrogen and oxygen atoms in total. The van der Waals surface area contributed by atoms with Gasteiger partial charge >= 0.3 is 0 Å². The largest absolute Gasteiger partial charge is 0.369 e. The third-order valence-corrected chi connectivity index (χ3v) is 3.46. The number of aromatic amines is 1. The van der Waals surface area contributed by atoms with Crippen LogP contribution in [-0.2, 0) is 0 Å². The molecule has 0 atom stereocenters. The monoisotopic (exact) mass is 305 g/mol. The van der Waals surface area contributed by atoms with Gasteiger partial charge in [-0.1, -0.05) is 17.7 Å². The van der Waals surface area contributed by atoms with Crippen molar-refractivity contribution in [3.8, 4) is 0 Å². The van der Waals surface area contributed by atoms with Gasteiger partial charge in [-0.25, -0.2) is 4.98 Å². The SMILES string of the molecule is Cc1ccc(N/C(N)=N/c2nc(C)c(C)c(=O)[nH]2)cc1Cl. The van der Waals surface area contributed by atoms with Crippen molar-refractivity contribution < 1.29 is 0 Å². The van der Waals surface area contributed by atoms with Gasteiger partial charge in [0.2, 0.25) is 11.9 Å². The molecule has 0 amide bonds. The molecule has 0 aliphatic heterocycles. The molecule has 0 fully saturated rings. The van der Waals surface area contributed by atoms with E-state index in [1.807, 2.05) is 19.1 Å². The molecule has 4 N–H and O–H groups in total. The second-order valence-electron chi connectivity index (χ2n) is 4.69. The molecule has 0 aliphatic carbocycles. The van der Waals surface area contributed by atoms with Crippen LogP contribution in [0.2, 0.25) is 5.02 Å². The van der Waals surface area contributed by atoms with Gasteiger partial charge in [-0.15, -0.1) is 0 Å². The van der Waals surface area contributed by atoms with Gasteiger partial charge in [0.25, 0.3) is 5.56 Å². The number of halogens is 1. The molecule has 2 aromatic rings. The van der Waals surface area contributed by atoms with E-state index in [1.165, 1.54) is 0 Å². The molecule has 0 aliphatic rings. The van der Waals surface area contributed by atoms with Gasteiger partial charge in [0.15, 0.2) is 0 Å². The Morgan fingerprint density at radius 2 is 2.10 bits per heavy atom. The third kappa shape index (κ3) is 3.61. The summed E-state index contributed by atoms with van der Waals surface area (Å²) in [4.78, 5) is 22.4. The lowest BCUT2D eigenvalue weighted by Crippen LogP contribution is -2.23. The summed E-state index contributed by atoms with van der Waals surface area (Å²) in [6, 6.07) is 5.45. The highest BCUT2D eigenvalue weighted by Gasteiger charge is 2.04. The number of aryl methyl sites for hydroxylation is 2. The Labute approximate surface area is 127 Å². The van der Waals surface area contributed by atoms with Crippen molar-refractivity contribution in [3.63, 3.8) is 0 Å². The number of benzene rings is 1. The molecule has 0 saturated heterocycles. The van der Waals surface area contributed by atoms with E-state index in [0.717, 1.165) is 5.56 Å². The van der Waals surface area contributed by atoms with E-state index >= 15 is 0 Å². The van der Waals surface area contributed by atoms with Gasteiger partial charge in [0, 0.05) is 22.0 Å². The molecule has 1 aromatic carbocycles. The zero-order chi connectivity index (χ0) is 15.6. The number of nitrogens with one attached hydrogen (secondary N) is 2. The van der Waals surface area contributed by atoms with Crippen LogP contribution in [0.15, 0.2) is 28.0 Å². The van der Waals surface area contributed by atoms with Crippen molar-refractivity contribution in [3.05, 3.63) is 50.4 Å². The number of hydrogen-bond acceptors (Lipinski definition) is 3. The lowest BCUT2D eigenvalue weighted by atomic mass is 10.2. The number of guanidine groups is 1. The Morgan fingerprint density at radius 3 is 2.71 bits per heavy atom. The minimum absolute atomic E-state index is 0.112. The molecule has 0 radical (unpaired) electrons. The van der Waals surface area contributed by atoms with E-state index in [2.05, 4.69) is 20.3 Å². The van der Waals surface area contributed by atoms with Crippen molar-refractivity contribution in [2.45, 2.75) is 20.8 Å². The summed E-state index contributed by atoms with van der Waals surface area (Å²) in [5.74, 6) is 0.271. The van der Waals surface area contributed by atoms with Crippen LogP contribution in [-0.4, -0.2) is 15.9 Å². The maximum atomic E-state index is 11.6. The maximum Gasteiger partial charge on any atom is 0.255 e. The number of hydrogen-bond donors (Lipinski definition) is 3. The van der Waals surface area contributed by atoms with E-state index in [4.69, 9.17) is 17.3 Å². The van der Waals surface area contributed by atoms with Crippen LogP contribution in [0.1, 0.15) is 16.8 Å². The Balaban J connectivity index is 2.25. The summed E-state index contributed by atoms with van der Waals surface area (Å²) >= 11 is 6.04. The number of H-pyrrole nitrogens is 1. The van der Waals surface area contributed by atoms with E-state index in [0.29, 0.717) is 22.0 Å². The van der Waals surface area contributed by atoms with E-state index in [9.17, 15) is 4.79 Å². The van der Waals surface area contributed by atoms with Crippen LogP contribution in [0.3, 0.4) is 0 Å². The topological polar surface area (TPSA) is 96.2 Å². The number of aromatic nitrogens is 2. The molecular weight excluding hydrogens is 290 g/mol. The number of nitrogens with two attached hydrogens (primary N) is 1. The minimum Gasteiger partial charge on any atom is -0.369 e. The molecule has 1 heterocycles. The summed E-state index contributed by atoms with van der Waals surface area (Å²) < 4.78 is 0. The van der Waals surface area contributed by atoms with E-state index in [-0.39, 0.29) is 17.5 Å². The smallest absolute Gasteiger partial charge is 0.255 e. The predicted octanol–water partition coefficient (Wildman–Crippen LogP) is 2.41. The average Bonchev–Trinajstić information content (AvgIpc) is 2.40. The summed E-state index contributed by atoms with van der Waals surface area (Å²) in [6.07, 6.45) is 0. The van der Waals surface area contributed by atoms with E-state index < -0.39 is 0 Å². The van der Waals surface area contributed by atoms with Crippen LogP contribution in [0, 0.1) is 20.8 Å². The zero-order valence-electron chi connectivity index (χ0n) is 12.0. The van der Waals surface area contributed by atoms with Crippen molar-refractivity contribution >= 4 is 29.2 Å². The van der Waals surface area contributed by atoms with Crippen LogP contribution < -0.4 is 16.6 Å². The molecule has 7 heteroatoms. The second kappa shape index (κ2) is 5.97. The number of rotatable bonds is 2. The highest BCUT2D eigenvalue weighted by Crippen LogP contribution is 2.19. The Kier molecular flexibility index (Phi) is 4.28. The van der Waals surface area contributed by atoms with Crippen LogP contribution >= 0.6 is 11.6 Å². The van der Waals surface area contributed by atoms with Crippen molar-refractivity contribution in [2.75, 3.05) is 5.32 Å². The zero-order valence-corrected chi connectivity index (χ0v) is 12.7. The molecule has 21 heavy (non-hydrogen) atoms. The average molecular weight is 306 g/mol. The van der Waals surface area contributed by atoms with Crippen molar-refractivity contribution in [1.29, 1.82) is 0 Å². The lowest BCUT2D eigenvalue weighted by molar-refractivity contribution is 1.01. The van der Waals surface area contributed by atoms with Crippen LogP contribution in [0.25, 0.3) is 0 Å². The molecule has 0 spiro atoms. The standard InChI is InChI=1S/C14H16ClN5O/c1-7-4-5-10(6-11(7)15)18-13(16)20-14-17-9(3)8(2)12(21)19-14/h4-6H,1-3H3,(H4,16,17,18,19,20,21). The quantitative estimate of drug-likeness (QED) is 0.586. The predicted molar refractivity (Wildman–Crippen MR) is 85.4 cm³/mol. The fraction of sp³-hybridized carbons (Fsp3) is 0.214. The van der Waals surface area contributed by atoms with Crippen molar-refractivity contribution in [1.82, 2.24) is 9.97 Å². The Bertz CT molecular complexity index is 766. The first-order valence-electron chi connectivity index (χ1n) is 6.31. The lowest BCUT2D eigenvalue weighted by Gasteiger charge is -2.07. The van der Waals surface area contributed by atoms with Crippen LogP contribution in [0.5, 0.6) is 0 Å². The first kappa shape index (κ1) is 15.1. The fourth-order valence-electron chi connectivity index (χ4n) is 1.64. The van der Waals surface area contributed by atoms with Crippen molar-refractivity contribution in [2.24, 2.45) is 10.7 Å². The highest BCUT2D eigenvalue weighted by molar-refractivity contribution is 6.31. The number of nitrogens with zero attached hydrogens (tertiary/aromatic N) is 2. The van der Waals surface area contributed by atoms with Gasteiger partial charge in [-0.3, -0.25) is 9.78 Å². The summed E-state index contributed by atoms with van der Waals surface area (Å²) in [5, 5.41) is 3.52. The Morgan fingerprint density at radius 1 is 1.38 bits per heavy atom. The molecule has 0 bridgehead atoms. The van der Waals surface area contributed by atoms with Crippen LogP contribution in [0.4, 0.5) is 11.6 Å². The molecule has 0 unspecified atom stereocenters. The highest BCUT2D eigenvalue weighted by atomic mass is 35.5. The van der Waals surface area contributed by atoms with Gasteiger partial charge in [0.05, 0.1) is 0 Å². The Hall–Kier alpha value is -2.34. The number of anilines is 1. The minimum atomic E-state index is -0.229. The second-order valence-corrected chi connectivity index (χ2v) is 5.09. The summed E-state index contributed by atoms with van der Waals surface area (Å²) in [5.41, 5.74) is 8.42. The molecule has 0 saturated carbocycles. The normalized spacial score (nSPS) is 11.5. The molecule has 110 valence electrons. The molecule has 2 rings (SSSR count).